The largest absolute Gasteiger partial charge is 0.393 e. The lowest BCUT2D eigenvalue weighted by Crippen LogP contribution is -2.25. The lowest BCUT2D eigenvalue weighted by atomic mass is 10.0. The van der Waals surface area contributed by atoms with Crippen molar-refractivity contribution in [2.45, 2.75) is 39.3 Å². The Hall–Kier alpha value is -0.930. The number of nitrogens with zero attached hydrogens (tertiary/aromatic N) is 1. The molecule has 3 nitrogen and oxygen atoms in total. The van der Waals surface area contributed by atoms with Gasteiger partial charge in [-0.2, -0.15) is 0 Å². The Kier molecular flexibility index (Phi) is 5.43. The molecule has 0 spiro atoms. The average Bonchev–Trinajstić information content (AvgIpc) is 2.29. The maximum absolute atomic E-state index is 9.66. The van der Waals surface area contributed by atoms with E-state index in [4.69, 9.17) is 0 Å². The Bertz CT molecular complexity index is 287. The quantitative estimate of drug-likeness (QED) is 0.775. The van der Waals surface area contributed by atoms with Gasteiger partial charge in [-0.25, -0.2) is 0 Å². The predicted octanol–water partition coefficient (Wildman–Crippen LogP) is 2.14. The van der Waals surface area contributed by atoms with Gasteiger partial charge in [0.1, 0.15) is 0 Å². The first kappa shape index (κ1) is 13.1. The lowest BCUT2D eigenvalue weighted by Gasteiger charge is -2.17. The number of nitrogens with one attached hydrogen (secondary N) is 1. The Balaban J connectivity index is 2.28. The van der Waals surface area contributed by atoms with Crippen molar-refractivity contribution in [1.29, 1.82) is 0 Å². The number of hydrogen-bond donors (Lipinski definition) is 2. The van der Waals surface area contributed by atoms with Gasteiger partial charge in [0, 0.05) is 18.4 Å². The van der Waals surface area contributed by atoms with E-state index in [9.17, 15) is 5.11 Å². The van der Waals surface area contributed by atoms with E-state index in [1.165, 1.54) is 5.56 Å². The highest BCUT2D eigenvalue weighted by Gasteiger charge is 2.09. The van der Waals surface area contributed by atoms with Crippen LogP contribution in [0.25, 0.3) is 0 Å². The van der Waals surface area contributed by atoms with E-state index in [-0.39, 0.29) is 12.1 Å². The highest BCUT2D eigenvalue weighted by Crippen LogP contribution is 2.10. The minimum atomic E-state index is -0.214. The van der Waals surface area contributed by atoms with Crippen LogP contribution in [-0.2, 0) is 0 Å². The molecule has 16 heavy (non-hydrogen) atoms. The number of pyridine rings is 1. The standard InChI is InChI=1S/C13H22N2O/c1-10(2)13(16)6-8-15-11(3)12-5-4-7-14-9-12/h4-5,7,9-11,13,15-16H,6,8H2,1-3H3. The summed E-state index contributed by atoms with van der Waals surface area (Å²) >= 11 is 0. The number of aromatic nitrogens is 1. The van der Waals surface area contributed by atoms with E-state index >= 15 is 0 Å². The predicted molar refractivity (Wildman–Crippen MR) is 66.1 cm³/mol. The van der Waals surface area contributed by atoms with E-state index in [0.29, 0.717) is 5.92 Å². The Morgan fingerprint density at radius 2 is 2.12 bits per heavy atom. The van der Waals surface area contributed by atoms with Gasteiger partial charge in [-0.1, -0.05) is 19.9 Å². The van der Waals surface area contributed by atoms with Crippen LogP contribution in [0.3, 0.4) is 0 Å². The second kappa shape index (κ2) is 6.61. The number of rotatable bonds is 6. The molecule has 2 atom stereocenters. The van der Waals surface area contributed by atoms with Crippen LogP contribution in [0.1, 0.15) is 38.8 Å². The van der Waals surface area contributed by atoms with Crippen LogP contribution in [0, 0.1) is 5.92 Å². The summed E-state index contributed by atoms with van der Waals surface area (Å²) in [7, 11) is 0. The fourth-order valence-corrected chi connectivity index (χ4v) is 1.53. The molecule has 0 bridgehead atoms. The number of hydrogen-bond acceptors (Lipinski definition) is 3. The molecule has 0 aliphatic heterocycles. The second-order valence-electron chi connectivity index (χ2n) is 4.56. The van der Waals surface area contributed by atoms with Crippen molar-refractivity contribution in [1.82, 2.24) is 10.3 Å². The molecule has 0 aliphatic carbocycles. The van der Waals surface area contributed by atoms with Gasteiger partial charge in [0.25, 0.3) is 0 Å². The van der Waals surface area contributed by atoms with Gasteiger partial charge in [-0.15, -0.1) is 0 Å². The number of aliphatic hydroxyl groups is 1. The van der Waals surface area contributed by atoms with Crippen molar-refractivity contribution < 1.29 is 5.11 Å². The minimum absolute atomic E-state index is 0.214. The second-order valence-corrected chi connectivity index (χ2v) is 4.56. The SMILES string of the molecule is CC(NCCC(O)C(C)C)c1cccnc1. The molecule has 1 aromatic rings. The van der Waals surface area contributed by atoms with Crippen molar-refractivity contribution in [3.05, 3.63) is 30.1 Å². The summed E-state index contributed by atoms with van der Waals surface area (Å²) in [5, 5.41) is 13.0. The molecule has 0 aromatic carbocycles. The summed E-state index contributed by atoms with van der Waals surface area (Å²) in [5.41, 5.74) is 1.18. The Morgan fingerprint density at radius 1 is 1.38 bits per heavy atom. The third-order valence-corrected chi connectivity index (χ3v) is 2.84. The molecule has 2 N–H and O–H groups in total. The molecule has 0 saturated heterocycles. The van der Waals surface area contributed by atoms with Gasteiger partial charge in [0.05, 0.1) is 6.10 Å². The van der Waals surface area contributed by atoms with Crippen molar-refractivity contribution in [3.8, 4) is 0 Å². The Morgan fingerprint density at radius 3 is 2.69 bits per heavy atom. The molecule has 0 aliphatic rings. The van der Waals surface area contributed by atoms with E-state index in [0.717, 1.165) is 13.0 Å². The normalized spacial score (nSPS) is 15.1. The molecule has 1 heterocycles. The van der Waals surface area contributed by atoms with E-state index in [2.05, 4.69) is 23.3 Å². The molecule has 0 amide bonds. The van der Waals surface area contributed by atoms with Crippen LogP contribution < -0.4 is 5.32 Å². The third-order valence-electron chi connectivity index (χ3n) is 2.84. The maximum Gasteiger partial charge on any atom is 0.0575 e. The van der Waals surface area contributed by atoms with Crippen LogP contribution in [0.2, 0.25) is 0 Å². The van der Waals surface area contributed by atoms with Crippen LogP contribution in [0.4, 0.5) is 0 Å². The zero-order valence-corrected chi connectivity index (χ0v) is 10.4. The van der Waals surface area contributed by atoms with Gasteiger partial charge >= 0.3 is 0 Å². The summed E-state index contributed by atoms with van der Waals surface area (Å²) in [4.78, 5) is 4.09. The summed E-state index contributed by atoms with van der Waals surface area (Å²) in [5.74, 6) is 0.329. The molecule has 1 aromatic heterocycles. The van der Waals surface area contributed by atoms with Gasteiger partial charge in [0.2, 0.25) is 0 Å². The molecule has 2 unspecified atom stereocenters. The topological polar surface area (TPSA) is 45.1 Å². The van der Waals surface area contributed by atoms with Crippen LogP contribution >= 0.6 is 0 Å². The summed E-state index contributed by atoms with van der Waals surface area (Å²) in [6.07, 6.45) is 4.23. The first-order chi connectivity index (χ1) is 7.61. The van der Waals surface area contributed by atoms with E-state index in [1.807, 2.05) is 26.1 Å². The van der Waals surface area contributed by atoms with Crippen molar-refractivity contribution in [2.75, 3.05) is 6.54 Å². The zero-order chi connectivity index (χ0) is 12.0. The van der Waals surface area contributed by atoms with Crippen molar-refractivity contribution >= 4 is 0 Å². The molecule has 0 fully saturated rings. The first-order valence-corrected chi connectivity index (χ1v) is 5.92. The maximum atomic E-state index is 9.66. The summed E-state index contributed by atoms with van der Waals surface area (Å²) in [6, 6.07) is 4.29. The van der Waals surface area contributed by atoms with Gasteiger partial charge in [0.15, 0.2) is 0 Å². The smallest absolute Gasteiger partial charge is 0.0575 e. The number of aliphatic hydroxyl groups excluding tert-OH is 1. The Labute approximate surface area is 97.9 Å². The average molecular weight is 222 g/mol. The van der Waals surface area contributed by atoms with Crippen molar-refractivity contribution in [2.24, 2.45) is 5.92 Å². The molecule has 3 heteroatoms. The van der Waals surface area contributed by atoms with Gasteiger partial charge in [-0.3, -0.25) is 4.98 Å². The van der Waals surface area contributed by atoms with Crippen LogP contribution in [0.15, 0.2) is 24.5 Å². The first-order valence-electron chi connectivity index (χ1n) is 5.92. The van der Waals surface area contributed by atoms with Gasteiger partial charge in [-0.05, 0) is 37.4 Å². The molecular weight excluding hydrogens is 200 g/mol. The molecular formula is C13H22N2O. The van der Waals surface area contributed by atoms with Gasteiger partial charge < -0.3 is 10.4 Å². The van der Waals surface area contributed by atoms with E-state index < -0.39 is 0 Å². The highest BCUT2D eigenvalue weighted by atomic mass is 16.3. The monoisotopic (exact) mass is 222 g/mol. The highest BCUT2D eigenvalue weighted by molar-refractivity contribution is 5.12. The minimum Gasteiger partial charge on any atom is -0.393 e. The molecule has 90 valence electrons. The molecule has 1 rings (SSSR count). The zero-order valence-electron chi connectivity index (χ0n) is 10.4. The van der Waals surface area contributed by atoms with Crippen LogP contribution in [-0.4, -0.2) is 22.7 Å². The van der Waals surface area contributed by atoms with Crippen molar-refractivity contribution in [3.63, 3.8) is 0 Å². The summed E-state index contributed by atoms with van der Waals surface area (Å²) in [6.45, 7) is 7.01. The van der Waals surface area contributed by atoms with Crippen LogP contribution in [0.5, 0.6) is 0 Å². The fraction of sp³-hybridized carbons (Fsp3) is 0.615. The fourth-order valence-electron chi connectivity index (χ4n) is 1.53. The molecule has 0 radical (unpaired) electrons. The third kappa shape index (κ3) is 4.29. The van der Waals surface area contributed by atoms with E-state index in [1.54, 1.807) is 6.20 Å². The summed E-state index contributed by atoms with van der Waals surface area (Å²) < 4.78 is 0. The molecule has 0 saturated carbocycles. The lowest BCUT2D eigenvalue weighted by molar-refractivity contribution is 0.115.